The van der Waals surface area contributed by atoms with Crippen LogP contribution in [0.1, 0.15) is 18.9 Å². The number of aliphatic hydroxyl groups is 1. The number of amides is 1. The highest BCUT2D eigenvalue weighted by Gasteiger charge is 2.25. The minimum absolute atomic E-state index is 0.0493. The third-order valence-corrected chi connectivity index (χ3v) is 4.20. The van der Waals surface area contributed by atoms with Crippen molar-refractivity contribution in [3.05, 3.63) is 29.8 Å². The van der Waals surface area contributed by atoms with E-state index < -0.39 is 0 Å². The Morgan fingerprint density at radius 3 is 2.48 bits per heavy atom. The maximum atomic E-state index is 12.3. The Morgan fingerprint density at radius 1 is 1.24 bits per heavy atom. The molecule has 5 heteroatoms. The monoisotopic (exact) mass is 292 g/mol. The lowest BCUT2D eigenvalue weighted by molar-refractivity contribution is -0.132. The van der Waals surface area contributed by atoms with Crippen LogP contribution in [0.4, 0.5) is 0 Å². The third-order valence-electron chi connectivity index (χ3n) is 4.20. The Hall–Kier alpha value is -1.59. The number of carbonyl (C=O) groups is 1. The Kier molecular flexibility index (Phi) is 5.59. The first kappa shape index (κ1) is 15.8. The summed E-state index contributed by atoms with van der Waals surface area (Å²) < 4.78 is 0. The predicted molar refractivity (Wildman–Crippen MR) is 81.1 cm³/mol. The van der Waals surface area contributed by atoms with Crippen molar-refractivity contribution < 1.29 is 15.0 Å². The number of phenolic OH excluding ortho intramolecular Hbond substituents is 1. The van der Waals surface area contributed by atoms with Crippen molar-refractivity contribution in [3.63, 3.8) is 0 Å². The van der Waals surface area contributed by atoms with Crippen molar-refractivity contribution in [2.24, 2.45) is 0 Å². The van der Waals surface area contributed by atoms with E-state index in [0.717, 1.165) is 19.5 Å². The van der Waals surface area contributed by atoms with Crippen molar-refractivity contribution in [2.45, 2.75) is 25.8 Å². The first-order valence-electron chi connectivity index (χ1n) is 7.55. The van der Waals surface area contributed by atoms with Gasteiger partial charge >= 0.3 is 0 Å². The summed E-state index contributed by atoms with van der Waals surface area (Å²) in [5, 5.41) is 19.1. The molecule has 1 fully saturated rings. The van der Waals surface area contributed by atoms with E-state index in [2.05, 4.69) is 11.8 Å². The molecule has 0 bridgehead atoms. The molecule has 0 saturated carbocycles. The Balaban J connectivity index is 1.87. The van der Waals surface area contributed by atoms with Crippen LogP contribution in [0.3, 0.4) is 0 Å². The summed E-state index contributed by atoms with van der Waals surface area (Å²) in [5.41, 5.74) is 0.673. The lowest BCUT2D eigenvalue weighted by atomic mass is 10.1. The highest BCUT2D eigenvalue weighted by molar-refractivity contribution is 5.79. The topological polar surface area (TPSA) is 64.0 Å². The number of benzene rings is 1. The number of hydrogen-bond acceptors (Lipinski definition) is 4. The molecule has 21 heavy (non-hydrogen) atoms. The number of piperazine rings is 1. The number of hydrogen-bond donors (Lipinski definition) is 2. The maximum absolute atomic E-state index is 12.3. The molecule has 2 rings (SSSR count). The summed E-state index contributed by atoms with van der Waals surface area (Å²) in [6.45, 7) is 5.20. The predicted octanol–water partition coefficient (Wildman–Crippen LogP) is 0.850. The van der Waals surface area contributed by atoms with Crippen LogP contribution in [0.25, 0.3) is 0 Å². The fourth-order valence-electron chi connectivity index (χ4n) is 2.77. The average Bonchev–Trinajstić information content (AvgIpc) is 2.51. The van der Waals surface area contributed by atoms with Crippen LogP contribution in [-0.4, -0.2) is 64.7 Å². The van der Waals surface area contributed by atoms with Gasteiger partial charge in [0.25, 0.3) is 0 Å². The van der Waals surface area contributed by atoms with E-state index in [1.54, 1.807) is 18.2 Å². The molecule has 1 heterocycles. The normalized spacial score (nSPS) is 17.7. The van der Waals surface area contributed by atoms with Crippen LogP contribution in [0.5, 0.6) is 5.75 Å². The zero-order valence-corrected chi connectivity index (χ0v) is 12.5. The van der Waals surface area contributed by atoms with E-state index >= 15 is 0 Å². The van der Waals surface area contributed by atoms with E-state index in [1.807, 2.05) is 11.0 Å². The van der Waals surface area contributed by atoms with Crippen molar-refractivity contribution in [1.82, 2.24) is 9.80 Å². The standard InChI is InChI=1S/C16H24N2O3/c1-2-14(12-19)17-7-9-18(10-8-17)16(21)11-13-5-3-4-6-15(13)20/h3-6,14,19-20H,2,7-12H2,1H3/t14-/m0/s1. The van der Waals surface area contributed by atoms with Gasteiger partial charge in [-0.1, -0.05) is 25.1 Å². The van der Waals surface area contributed by atoms with Crippen molar-refractivity contribution in [2.75, 3.05) is 32.8 Å². The van der Waals surface area contributed by atoms with Crippen LogP contribution in [-0.2, 0) is 11.2 Å². The van der Waals surface area contributed by atoms with Gasteiger partial charge in [0.05, 0.1) is 13.0 Å². The summed E-state index contributed by atoms with van der Waals surface area (Å²) in [7, 11) is 0. The molecule has 1 aromatic rings. The minimum Gasteiger partial charge on any atom is -0.508 e. The van der Waals surface area contributed by atoms with Crippen molar-refractivity contribution in [1.29, 1.82) is 0 Å². The van der Waals surface area contributed by atoms with Crippen molar-refractivity contribution in [3.8, 4) is 5.75 Å². The smallest absolute Gasteiger partial charge is 0.227 e. The largest absolute Gasteiger partial charge is 0.508 e. The van der Waals surface area contributed by atoms with Crippen LogP contribution in [0, 0.1) is 0 Å². The zero-order chi connectivity index (χ0) is 15.2. The Bertz CT molecular complexity index is 466. The Morgan fingerprint density at radius 2 is 1.90 bits per heavy atom. The first-order chi connectivity index (χ1) is 10.2. The molecule has 1 aliphatic heterocycles. The summed E-state index contributed by atoms with van der Waals surface area (Å²) in [5.74, 6) is 0.226. The van der Waals surface area contributed by atoms with Gasteiger partial charge in [0.15, 0.2) is 0 Å². The van der Waals surface area contributed by atoms with Gasteiger partial charge in [-0.05, 0) is 12.5 Å². The molecule has 2 N–H and O–H groups in total. The summed E-state index contributed by atoms with van der Waals surface area (Å²) >= 11 is 0. The van der Waals surface area contributed by atoms with Gasteiger partial charge in [-0.3, -0.25) is 9.69 Å². The number of aliphatic hydroxyl groups excluding tert-OH is 1. The van der Waals surface area contributed by atoms with E-state index in [4.69, 9.17) is 0 Å². The fraction of sp³-hybridized carbons (Fsp3) is 0.562. The quantitative estimate of drug-likeness (QED) is 0.844. The molecule has 1 aromatic carbocycles. The lowest BCUT2D eigenvalue weighted by Gasteiger charge is -2.38. The molecule has 5 nitrogen and oxygen atoms in total. The number of phenols is 1. The van der Waals surface area contributed by atoms with Crippen LogP contribution >= 0.6 is 0 Å². The van der Waals surface area contributed by atoms with Gasteiger partial charge in [-0.15, -0.1) is 0 Å². The van der Waals surface area contributed by atoms with E-state index in [0.29, 0.717) is 18.7 Å². The van der Waals surface area contributed by atoms with Gasteiger partial charge in [0.1, 0.15) is 5.75 Å². The highest BCUT2D eigenvalue weighted by atomic mass is 16.3. The second kappa shape index (κ2) is 7.43. The number of para-hydroxylation sites is 1. The Labute approximate surface area is 125 Å². The first-order valence-corrected chi connectivity index (χ1v) is 7.55. The number of aromatic hydroxyl groups is 1. The highest BCUT2D eigenvalue weighted by Crippen LogP contribution is 2.17. The summed E-state index contributed by atoms with van der Waals surface area (Å²) in [6, 6.07) is 7.16. The molecule has 1 atom stereocenters. The zero-order valence-electron chi connectivity index (χ0n) is 12.5. The lowest BCUT2D eigenvalue weighted by Crippen LogP contribution is -2.53. The van der Waals surface area contributed by atoms with Crippen molar-refractivity contribution >= 4 is 5.91 Å². The van der Waals surface area contributed by atoms with Gasteiger partial charge in [0, 0.05) is 37.8 Å². The fourth-order valence-corrected chi connectivity index (χ4v) is 2.77. The maximum Gasteiger partial charge on any atom is 0.227 e. The second-order valence-corrected chi connectivity index (χ2v) is 5.47. The molecule has 0 aliphatic carbocycles. The SMILES string of the molecule is CC[C@@H](CO)N1CCN(C(=O)Cc2ccccc2O)CC1. The second-order valence-electron chi connectivity index (χ2n) is 5.47. The molecule has 1 saturated heterocycles. The minimum atomic E-state index is 0.0493. The summed E-state index contributed by atoms with van der Waals surface area (Å²) in [4.78, 5) is 16.4. The number of rotatable bonds is 5. The molecule has 0 unspecified atom stereocenters. The molecule has 116 valence electrons. The molecule has 1 amide bonds. The molecule has 0 radical (unpaired) electrons. The molecule has 0 aromatic heterocycles. The van der Waals surface area contributed by atoms with E-state index in [-0.39, 0.29) is 30.7 Å². The average molecular weight is 292 g/mol. The van der Waals surface area contributed by atoms with Gasteiger partial charge < -0.3 is 15.1 Å². The van der Waals surface area contributed by atoms with Gasteiger partial charge in [-0.25, -0.2) is 0 Å². The third kappa shape index (κ3) is 3.95. The van der Waals surface area contributed by atoms with Crippen LogP contribution in [0.2, 0.25) is 0 Å². The van der Waals surface area contributed by atoms with Crippen LogP contribution < -0.4 is 0 Å². The molecule has 0 spiro atoms. The summed E-state index contributed by atoms with van der Waals surface area (Å²) in [6.07, 6.45) is 1.16. The number of nitrogens with zero attached hydrogens (tertiary/aromatic N) is 2. The van der Waals surface area contributed by atoms with Gasteiger partial charge in [-0.2, -0.15) is 0 Å². The molecular formula is C16H24N2O3. The number of carbonyl (C=O) groups excluding carboxylic acids is 1. The van der Waals surface area contributed by atoms with E-state index in [1.165, 1.54) is 0 Å². The van der Waals surface area contributed by atoms with E-state index in [9.17, 15) is 15.0 Å². The van der Waals surface area contributed by atoms with Crippen LogP contribution in [0.15, 0.2) is 24.3 Å². The molecular weight excluding hydrogens is 268 g/mol. The molecule has 1 aliphatic rings. The van der Waals surface area contributed by atoms with Gasteiger partial charge in [0.2, 0.25) is 5.91 Å².